The van der Waals surface area contributed by atoms with Crippen LogP contribution < -0.4 is 10.6 Å². The summed E-state index contributed by atoms with van der Waals surface area (Å²) in [6.45, 7) is 2.01. The summed E-state index contributed by atoms with van der Waals surface area (Å²) in [6.07, 6.45) is -0.231. The first-order valence-electron chi connectivity index (χ1n) is 11.4. The van der Waals surface area contributed by atoms with Crippen LogP contribution in [0, 0.1) is 6.92 Å². The molecule has 0 bridgehead atoms. The number of methoxy groups -OCH3 is 1. The van der Waals surface area contributed by atoms with Crippen molar-refractivity contribution in [1.82, 2.24) is 10.6 Å². The molecule has 3 rings (SSSR count). The van der Waals surface area contributed by atoms with Crippen molar-refractivity contribution < 1.29 is 23.9 Å². The highest BCUT2D eigenvalue weighted by molar-refractivity contribution is 5.90. The third-order valence-corrected chi connectivity index (χ3v) is 5.59. The van der Waals surface area contributed by atoms with Gasteiger partial charge in [0.05, 0.1) is 7.11 Å². The van der Waals surface area contributed by atoms with Crippen LogP contribution >= 0.6 is 0 Å². The van der Waals surface area contributed by atoms with Crippen molar-refractivity contribution in [3.05, 3.63) is 107 Å². The molecule has 0 aliphatic heterocycles. The Morgan fingerprint density at radius 1 is 0.743 bits per heavy atom. The molecule has 7 nitrogen and oxygen atoms in total. The maximum atomic E-state index is 13.3. The zero-order valence-corrected chi connectivity index (χ0v) is 19.9. The number of rotatable bonds is 10. The highest BCUT2D eigenvalue weighted by Crippen LogP contribution is 2.12. The van der Waals surface area contributed by atoms with Gasteiger partial charge in [-0.1, -0.05) is 84.9 Å². The van der Waals surface area contributed by atoms with E-state index in [4.69, 9.17) is 9.47 Å². The molecule has 0 aliphatic rings. The number of amides is 2. The Balaban J connectivity index is 1.72. The third kappa shape index (κ3) is 7.99. The fraction of sp³-hybridized carbons (Fsp3) is 0.250. The first-order valence-corrected chi connectivity index (χ1v) is 11.4. The maximum Gasteiger partial charge on any atom is 0.408 e. The summed E-state index contributed by atoms with van der Waals surface area (Å²) in [7, 11) is 1.28. The molecular formula is C28H30N2O5. The Morgan fingerprint density at radius 2 is 1.34 bits per heavy atom. The number of benzene rings is 3. The van der Waals surface area contributed by atoms with Crippen LogP contribution in [0.5, 0.6) is 0 Å². The van der Waals surface area contributed by atoms with Crippen molar-refractivity contribution in [1.29, 1.82) is 0 Å². The van der Waals surface area contributed by atoms with Crippen molar-refractivity contribution in [2.24, 2.45) is 0 Å². The molecule has 0 saturated carbocycles. The Bertz CT molecular complexity index is 1120. The van der Waals surface area contributed by atoms with Gasteiger partial charge in [-0.3, -0.25) is 4.79 Å². The second-order valence-corrected chi connectivity index (χ2v) is 8.16. The molecule has 0 fully saturated rings. The van der Waals surface area contributed by atoms with Crippen LogP contribution in [0.25, 0.3) is 0 Å². The number of carbonyl (C=O) groups excluding carboxylic acids is 3. The van der Waals surface area contributed by atoms with Crippen LogP contribution in [0.3, 0.4) is 0 Å². The van der Waals surface area contributed by atoms with Crippen molar-refractivity contribution in [2.45, 2.75) is 38.5 Å². The average molecular weight is 475 g/mol. The van der Waals surface area contributed by atoms with Gasteiger partial charge in [-0.15, -0.1) is 0 Å². The number of hydrogen-bond donors (Lipinski definition) is 2. The van der Waals surface area contributed by atoms with Gasteiger partial charge in [0.15, 0.2) is 0 Å². The summed E-state index contributed by atoms with van der Waals surface area (Å²) in [6, 6.07) is 24.3. The zero-order chi connectivity index (χ0) is 25.0. The molecule has 0 spiro atoms. The van der Waals surface area contributed by atoms with Gasteiger partial charge in [-0.25, -0.2) is 9.59 Å². The van der Waals surface area contributed by atoms with E-state index >= 15 is 0 Å². The van der Waals surface area contributed by atoms with E-state index in [1.165, 1.54) is 7.11 Å². The normalized spacial score (nSPS) is 12.2. The molecule has 3 aromatic rings. The largest absolute Gasteiger partial charge is 0.467 e. The first kappa shape index (κ1) is 25.5. The van der Waals surface area contributed by atoms with Crippen molar-refractivity contribution in [2.75, 3.05) is 7.11 Å². The summed E-state index contributed by atoms with van der Waals surface area (Å²) in [5, 5.41) is 5.41. The van der Waals surface area contributed by atoms with Crippen LogP contribution in [-0.2, 0) is 38.5 Å². The highest BCUT2D eigenvalue weighted by atomic mass is 16.5. The minimum absolute atomic E-state index is 0.0738. The summed E-state index contributed by atoms with van der Waals surface area (Å²) in [5.41, 5.74) is 3.59. The molecule has 2 atom stereocenters. The Labute approximate surface area is 205 Å². The Hall–Kier alpha value is -4.13. The molecular weight excluding hydrogens is 444 g/mol. The molecule has 182 valence electrons. The number of ether oxygens (including phenoxy) is 2. The van der Waals surface area contributed by atoms with E-state index in [0.717, 1.165) is 22.3 Å². The van der Waals surface area contributed by atoms with E-state index in [9.17, 15) is 14.4 Å². The predicted octanol–water partition coefficient (Wildman–Crippen LogP) is 3.73. The fourth-order valence-corrected chi connectivity index (χ4v) is 3.63. The van der Waals surface area contributed by atoms with Crippen LogP contribution in [0.2, 0.25) is 0 Å². The van der Waals surface area contributed by atoms with Crippen LogP contribution in [-0.4, -0.2) is 37.2 Å². The lowest BCUT2D eigenvalue weighted by molar-refractivity contribution is -0.145. The number of nitrogens with one attached hydrogen (secondary N) is 2. The van der Waals surface area contributed by atoms with Crippen molar-refractivity contribution >= 4 is 18.0 Å². The number of carbonyl (C=O) groups is 3. The summed E-state index contributed by atoms with van der Waals surface area (Å²) in [5.74, 6) is -1.07. The number of aryl methyl sites for hydroxylation is 1. The van der Waals surface area contributed by atoms with Crippen molar-refractivity contribution in [3.8, 4) is 0 Å². The number of hydrogen-bond acceptors (Lipinski definition) is 5. The first-order chi connectivity index (χ1) is 17.0. The van der Waals surface area contributed by atoms with E-state index in [1.807, 2.05) is 91.9 Å². The molecule has 0 unspecified atom stereocenters. The lowest BCUT2D eigenvalue weighted by atomic mass is 10.00. The minimum Gasteiger partial charge on any atom is -0.467 e. The van der Waals surface area contributed by atoms with Crippen molar-refractivity contribution in [3.63, 3.8) is 0 Å². The number of alkyl carbamates (subject to hydrolysis) is 1. The van der Waals surface area contributed by atoms with Gasteiger partial charge in [0, 0.05) is 12.8 Å². The van der Waals surface area contributed by atoms with Gasteiger partial charge in [-0.2, -0.15) is 0 Å². The molecule has 7 heteroatoms. The van der Waals surface area contributed by atoms with Crippen LogP contribution in [0.4, 0.5) is 4.79 Å². The lowest BCUT2D eigenvalue weighted by Crippen LogP contribution is -2.53. The predicted molar refractivity (Wildman–Crippen MR) is 133 cm³/mol. The SMILES string of the molecule is COC(=O)[C@H](Cc1ccccc1C)NC(=O)[C@@H](Cc1ccccc1)NC(=O)OCc1ccccc1. The van der Waals surface area contributed by atoms with E-state index in [-0.39, 0.29) is 19.4 Å². The van der Waals surface area contributed by atoms with Crippen LogP contribution in [0.15, 0.2) is 84.9 Å². The Morgan fingerprint density at radius 3 is 1.97 bits per heavy atom. The molecule has 35 heavy (non-hydrogen) atoms. The lowest BCUT2D eigenvalue weighted by Gasteiger charge is -2.23. The van der Waals surface area contributed by atoms with E-state index in [2.05, 4.69) is 10.6 Å². The van der Waals surface area contributed by atoms with Gasteiger partial charge in [0.2, 0.25) is 5.91 Å². The monoisotopic (exact) mass is 474 g/mol. The highest BCUT2D eigenvalue weighted by Gasteiger charge is 2.28. The summed E-state index contributed by atoms with van der Waals surface area (Å²) < 4.78 is 10.2. The molecule has 0 heterocycles. The molecule has 3 aromatic carbocycles. The average Bonchev–Trinajstić information content (AvgIpc) is 2.88. The smallest absolute Gasteiger partial charge is 0.408 e. The molecule has 0 aliphatic carbocycles. The Kier molecular flexibility index (Phi) is 9.42. The van der Waals surface area contributed by atoms with Gasteiger partial charge in [-0.05, 0) is 29.2 Å². The van der Waals surface area contributed by atoms with Gasteiger partial charge >= 0.3 is 12.1 Å². The summed E-state index contributed by atoms with van der Waals surface area (Å²) >= 11 is 0. The maximum absolute atomic E-state index is 13.3. The van der Waals surface area contributed by atoms with E-state index in [1.54, 1.807) is 0 Å². The zero-order valence-electron chi connectivity index (χ0n) is 19.9. The molecule has 0 saturated heterocycles. The molecule has 0 radical (unpaired) electrons. The topological polar surface area (TPSA) is 93.7 Å². The second-order valence-electron chi connectivity index (χ2n) is 8.16. The van der Waals surface area contributed by atoms with Crippen LogP contribution in [0.1, 0.15) is 22.3 Å². The minimum atomic E-state index is -0.954. The molecule has 0 aromatic heterocycles. The third-order valence-electron chi connectivity index (χ3n) is 5.59. The van der Waals surface area contributed by atoms with Gasteiger partial charge in [0.25, 0.3) is 0 Å². The second kappa shape index (κ2) is 12.9. The molecule has 2 N–H and O–H groups in total. The quantitative estimate of drug-likeness (QED) is 0.437. The van der Waals surface area contributed by atoms with E-state index in [0.29, 0.717) is 0 Å². The molecule has 2 amide bonds. The van der Waals surface area contributed by atoms with Gasteiger partial charge < -0.3 is 20.1 Å². The summed E-state index contributed by atoms with van der Waals surface area (Å²) in [4.78, 5) is 38.3. The fourth-order valence-electron chi connectivity index (χ4n) is 3.63. The van der Waals surface area contributed by atoms with E-state index < -0.39 is 30.1 Å². The van der Waals surface area contributed by atoms with Gasteiger partial charge in [0.1, 0.15) is 18.7 Å². The standard InChI is InChI=1S/C28H30N2O5/c1-20-11-9-10-16-23(20)18-25(27(32)34-2)29-26(31)24(17-21-12-5-3-6-13-21)30-28(33)35-19-22-14-7-4-8-15-22/h3-16,24-25H,17-19H2,1-2H3,(H,29,31)(H,30,33)/t24-,25+/m1/s1. The number of esters is 1.